The molecule has 2 aromatic rings. The number of fused-ring (bicyclic) bond motifs is 1. The van der Waals surface area contributed by atoms with Gasteiger partial charge < -0.3 is 19.9 Å². The van der Waals surface area contributed by atoms with Gasteiger partial charge in [0, 0.05) is 16.8 Å². The zero-order chi connectivity index (χ0) is 23.3. The number of ether oxygens (including phenoxy) is 2. The van der Waals surface area contributed by atoms with Crippen LogP contribution in [-0.4, -0.2) is 41.4 Å². The van der Waals surface area contributed by atoms with Crippen LogP contribution in [0.1, 0.15) is 31.9 Å². The van der Waals surface area contributed by atoms with E-state index in [-0.39, 0.29) is 18.0 Å². The van der Waals surface area contributed by atoms with Gasteiger partial charge >= 0.3 is 5.97 Å². The summed E-state index contributed by atoms with van der Waals surface area (Å²) in [5.41, 5.74) is 2.25. The molecule has 0 bridgehead atoms. The highest BCUT2D eigenvalue weighted by molar-refractivity contribution is 6.05. The lowest BCUT2D eigenvalue weighted by molar-refractivity contribution is -0.140. The van der Waals surface area contributed by atoms with E-state index in [1.54, 1.807) is 38.1 Å². The van der Waals surface area contributed by atoms with E-state index >= 15 is 0 Å². The quantitative estimate of drug-likeness (QED) is 0.524. The fourth-order valence-electron chi connectivity index (χ4n) is 3.19. The predicted octanol–water partition coefficient (Wildman–Crippen LogP) is 4.07. The number of carbonyl (C=O) groups is 2. The van der Waals surface area contributed by atoms with Crippen LogP contribution in [0, 0.1) is 0 Å². The first-order chi connectivity index (χ1) is 15.3. The first kappa shape index (κ1) is 22.6. The van der Waals surface area contributed by atoms with Crippen molar-refractivity contribution in [2.75, 3.05) is 13.7 Å². The number of allylic oxidation sites excluding steroid dienone is 1. The van der Waals surface area contributed by atoms with Gasteiger partial charge in [-0.1, -0.05) is 24.3 Å². The molecule has 0 fully saturated rings. The largest absolute Gasteiger partial charge is 0.505 e. The molecule has 3 rings (SSSR count). The summed E-state index contributed by atoms with van der Waals surface area (Å²) in [7, 11) is 1.23. The number of esters is 1. The van der Waals surface area contributed by atoms with Crippen molar-refractivity contribution in [3.8, 4) is 11.5 Å². The maximum Gasteiger partial charge on any atom is 0.325 e. The minimum Gasteiger partial charge on any atom is -0.505 e. The number of methoxy groups -OCH3 is 1. The molecule has 1 amide bonds. The van der Waals surface area contributed by atoms with Gasteiger partial charge in [-0.05, 0) is 51.1 Å². The molecule has 0 spiro atoms. The van der Waals surface area contributed by atoms with Crippen LogP contribution in [0.3, 0.4) is 0 Å². The molecular formula is C24H25N3O5. The molecule has 0 saturated heterocycles. The molecule has 1 heterocycles. The van der Waals surface area contributed by atoms with Gasteiger partial charge in [0.05, 0.1) is 12.8 Å². The summed E-state index contributed by atoms with van der Waals surface area (Å²) in [6.45, 7) is 5.03. The summed E-state index contributed by atoms with van der Waals surface area (Å²) in [5.74, 6) is -0.285. The second-order valence-electron chi connectivity index (χ2n) is 7.11. The number of nitrogens with one attached hydrogen (secondary N) is 1. The third-order valence-electron chi connectivity index (χ3n) is 4.57. The zero-order valence-electron chi connectivity index (χ0n) is 18.4. The maximum atomic E-state index is 12.9. The van der Waals surface area contributed by atoms with Gasteiger partial charge in [-0.25, -0.2) is 5.01 Å². The summed E-state index contributed by atoms with van der Waals surface area (Å²) in [4.78, 5) is 24.4. The van der Waals surface area contributed by atoms with Crippen molar-refractivity contribution in [3.05, 3.63) is 71.4 Å². The Morgan fingerprint density at radius 1 is 1.09 bits per heavy atom. The van der Waals surface area contributed by atoms with Gasteiger partial charge in [0.25, 0.3) is 5.91 Å². The van der Waals surface area contributed by atoms with E-state index in [2.05, 4.69) is 15.2 Å². The molecule has 0 atom stereocenters. The SMILES string of the molecule is CC=C1c2cc(Oc3ccccc3)ccc2C(O)=C(C(=O)NCC(=O)OC)N1N=C(C)C. The molecule has 8 heteroatoms. The number of aliphatic hydroxyl groups excluding tert-OH is 1. The summed E-state index contributed by atoms with van der Waals surface area (Å²) in [6, 6.07) is 14.5. The molecule has 2 aromatic carbocycles. The fraction of sp³-hybridized carbons (Fsp3) is 0.208. The fourth-order valence-corrected chi connectivity index (χ4v) is 3.19. The van der Waals surface area contributed by atoms with Crippen molar-refractivity contribution in [1.29, 1.82) is 0 Å². The summed E-state index contributed by atoms with van der Waals surface area (Å²) >= 11 is 0. The van der Waals surface area contributed by atoms with Gasteiger partial charge in [-0.15, -0.1) is 0 Å². The third kappa shape index (κ3) is 4.80. The Morgan fingerprint density at radius 3 is 2.44 bits per heavy atom. The van der Waals surface area contributed by atoms with E-state index in [0.29, 0.717) is 34.0 Å². The van der Waals surface area contributed by atoms with Crippen molar-refractivity contribution in [2.45, 2.75) is 20.8 Å². The topological polar surface area (TPSA) is 100 Å². The predicted molar refractivity (Wildman–Crippen MR) is 122 cm³/mol. The molecular weight excluding hydrogens is 410 g/mol. The van der Waals surface area contributed by atoms with Crippen LogP contribution in [0.15, 0.2) is 65.4 Å². The van der Waals surface area contributed by atoms with Crippen molar-refractivity contribution < 1.29 is 24.2 Å². The number of hydrazone groups is 1. The number of aliphatic hydroxyl groups is 1. The number of benzene rings is 2. The molecule has 2 N–H and O–H groups in total. The highest BCUT2D eigenvalue weighted by Gasteiger charge is 2.33. The van der Waals surface area contributed by atoms with Crippen LogP contribution in [0.5, 0.6) is 11.5 Å². The lowest BCUT2D eigenvalue weighted by Crippen LogP contribution is -2.38. The second-order valence-corrected chi connectivity index (χ2v) is 7.11. The Labute approximate surface area is 186 Å². The van der Waals surface area contributed by atoms with E-state index < -0.39 is 11.9 Å². The molecule has 166 valence electrons. The van der Waals surface area contributed by atoms with E-state index in [1.165, 1.54) is 12.1 Å². The minimum atomic E-state index is -0.660. The normalized spacial score (nSPS) is 14.0. The molecule has 8 nitrogen and oxygen atoms in total. The molecule has 0 aromatic heterocycles. The Kier molecular flexibility index (Phi) is 6.94. The average Bonchev–Trinajstić information content (AvgIpc) is 2.78. The van der Waals surface area contributed by atoms with E-state index in [1.807, 2.05) is 37.3 Å². The molecule has 0 radical (unpaired) electrons. The number of para-hydroxylation sites is 1. The van der Waals surface area contributed by atoms with Crippen molar-refractivity contribution in [3.63, 3.8) is 0 Å². The highest BCUT2D eigenvalue weighted by atomic mass is 16.5. The van der Waals surface area contributed by atoms with Crippen LogP contribution in [0.25, 0.3) is 11.5 Å². The Bertz CT molecular complexity index is 1120. The van der Waals surface area contributed by atoms with Gasteiger partial charge in [0.2, 0.25) is 0 Å². The van der Waals surface area contributed by atoms with Crippen LogP contribution in [0.2, 0.25) is 0 Å². The Morgan fingerprint density at radius 2 is 1.81 bits per heavy atom. The average molecular weight is 435 g/mol. The first-order valence-corrected chi connectivity index (χ1v) is 10.00. The second kappa shape index (κ2) is 9.82. The number of hydrogen-bond acceptors (Lipinski definition) is 7. The monoisotopic (exact) mass is 435 g/mol. The molecule has 0 aliphatic carbocycles. The number of carbonyl (C=O) groups excluding carboxylic acids is 2. The Balaban J connectivity index is 2.08. The van der Waals surface area contributed by atoms with Crippen LogP contribution < -0.4 is 10.1 Å². The highest BCUT2D eigenvalue weighted by Crippen LogP contribution is 2.40. The lowest BCUT2D eigenvalue weighted by Gasteiger charge is -2.31. The summed E-state index contributed by atoms with van der Waals surface area (Å²) < 4.78 is 10.5. The molecule has 1 aliphatic rings. The van der Waals surface area contributed by atoms with Gasteiger partial charge in [0.1, 0.15) is 18.0 Å². The van der Waals surface area contributed by atoms with Crippen molar-refractivity contribution in [1.82, 2.24) is 10.3 Å². The third-order valence-corrected chi connectivity index (χ3v) is 4.57. The number of nitrogens with zero attached hydrogens (tertiary/aromatic N) is 2. The standard InChI is InChI=1S/C24H25N3O5/c1-5-20-19-13-17(32-16-9-7-6-8-10-16)11-12-18(19)23(29)22(27(20)26-15(2)3)24(30)25-14-21(28)31-4/h5-13,29H,14H2,1-4H3,(H,25,30). The van der Waals surface area contributed by atoms with Crippen LogP contribution >= 0.6 is 0 Å². The molecule has 32 heavy (non-hydrogen) atoms. The molecule has 1 aliphatic heterocycles. The first-order valence-electron chi connectivity index (χ1n) is 10.00. The van der Waals surface area contributed by atoms with Crippen molar-refractivity contribution in [2.24, 2.45) is 5.10 Å². The number of hydrogen-bond donors (Lipinski definition) is 2. The minimum absolute atomic E-state index is 0.0903. The van der Waals surface area contributed by atoms with Gasteiger partial charge in [-0.2, -0.15) is 5.10 Å². The van der Waals surface area contributed by atoms with Crippen molar-refractivity contribution >= 4 is 29.0 Å². The van der Waals surface area contributed by atoms with Crippen LogP contribution in [-0.2, 0) is 14.3 Å². The van der Waals surface area contributed by atoms with E-state index in [4.69, 9.17) is 4.74 Å². The lowest BCUT2D eigenvalue weighted by atomic mass is 9.96. The van der Waals surface area contributed by atoms with Crippen LogP contribution in [0.4, 0.5) is 0 Å². The zero-order valence-corrected chi connectivity index (χ0v) is 18.4. The van der Waals surface area contributed by atoms with Gasteiger partial charge in [-0.3, -0.25) is 9.59 Å². The smallest absolute Gasteiger partial charge is 0.325 e. The van der Waals surface area contributed by atoms with E-state index in [0.717, 1.165) is 0 Å². The molecule has 0 saturated carbocycles. The number of rotatable bonds is 6. The number of amides is 1. The van der Waals surface area contributed by atoms with Gasteiger partial charge in [0.15, 0.2) is 11.5 Å². The maximum absolute atomic E-state index is 12.9. The Hall–Kier alpha value is -4.07. The summed E-state index contributed by atoms with van der Waals surface area (Å²) in [6.07, 6.45) is 1.79. The van der Waals surface area contributed by atoms with E-state index in [9.17, 15) is 14.7 Å². The summed E-state index contributed by atoms with van der Waals surface area (Å²) in [5, 5.41) is 19.3. The molecule has 0 unspecified atom stereocenters.